The van der Waals surface area contributed by atoms with Crippen LogP contribution in [-0.2, 0) is 4.74 Å². The molecule has 4 N–H and O–H groups in total. The van der Waals surface area contributed by atoms with Gasteiger partial charge in [-0.1, -0.05) is 0 Å². The molecule has 0 atom stereocenters. The molecule has 0 radical (unpaired) electrons. The van der Waals surface area contributed by atoms with Crippen molar-refractivity contribution in [3.8, 4) is 0 Å². The highest BCUT2D eigenvalue weighted by Gasteiger charge is 2.26. The molecule has 0 unspecified atom stereocenters. The van der Waals surface area contributed by atoms with Crippen LogP contribution < -0.4 is 16.4 Å². The Bertz CT molecular complexity index is 519. The molecule has 7 heteroatoms. The fourth-order valence-corrected chi connectivity index (χ4v) is 2.13. The van der Waals surface area contributed by atoms with Gasteiger partial charge in [-0.05, 0) is 26.8 Å². The van der Waals surface area contributed by atoms with Gasteiger partial charge in [-0.25, -0.2) is 9.78 Å². The molecule has 1 aliphatic rings. The van der Waals surface area contributed by atoms with Crippen LogP contribution in [0.1, 0.15) is 20.8 Å². The molecular weight excluding hydrogens is 270 g/mol. The van der Waals surface area contributed by atoms with Gasteiger partial charge in [-0.2, -0.15) is 0 Å². The quantitative estimate of drug-likeness (QED) is 0.810. The summed E-state index contributed by atoms with van der Waals surface area (Å²) in [6.45, 7) is 8.24. The number of hydrogen-bond acceptors (Lipinski definition) is 6. The molecule has 1 aromatic heterocycles. The number of carbonyl (C=O) groups is 1. The Balaban J connectivity index is 1.94. The zero-order valence-corrected chi connectivity index (χ0v) is 12.8. The highest BCUT2D eigenvalue weighted by molar-refractivity contribution is 5.69. The second kappa shape index (κ2) is 5.67. The number of ether oxygens (including phenoxy) is 1. The first kappa shape index (κ1) is 15.2. The van der Waals surface area contributed by atoms with E-state index in [-0.39, 0.29) is 6.09 Å². The van der Waals surface area contributed by atoms with Gasteiger partial charge in [0.25, 0.3) is 0 Å². The monoisotopic (exact) mass is 293 g/mol. The number of nitrogen functional groups attached to an aromatic ring is 2. The van der Waals surface area contributed by atoms with E-state index in [2.05, 4.69) is 9.88 Å². The van der Waals surface area contributed by atoms with Gasteiger partial charge in [0.2, 0.25) is 0 Å². The van der Waals surface area contributed by atoms with E-state index in [0.29, 0.717) is 37.7 Å². The van der Waals surface area contributed by atoms with Crippen LogP contribution in [0.4, 0.5) is 22.0 Å². The number of carbonyl (C=O) groups excluding carboxylic acids is 1. The molecule has 7 nitrogen and oxygen atoms in total. The summed E-state index contributed by atoms with van der Waals surface area (Å²) < 4.78 is 5.37. The van der Waals surface area contributed by atoms with E-state index in [0.717, 1.165) is 5.69 Å². The molecule has 2 heterocycles. The van der Waals surface area contributed by atoms with E-state index < -0.39 is 5.60 Å². The lowest BCUT2D eigenvalue weighted by Gasteiger charge is -2.36. The normalized spacial score (nSPS) is 16.0. The Labute approximate surface area is 124 Å². The molecule has 0 aliphatic carbocycles. The molecule has 0 saturated carbocycles. The molecule has 0 bridgehead atoms. The van der Waals surface area contributed by atoms with Crippen LogP contribution in [0.2, 0.25) is 0 Å². The minimum absolute atomic E-state index is 0.267. The molecule has 1 fully saturated rings. The smallest absolute Gasteiger partial charge is 0.410 e. The van der Waals surface area contributed by atoms with Crippen LogP contribution in [0.25, 0.3) is 0 Å². The molecule has 21 heavy (non-hydrogen) atoms. The number of hydrogen-bond donors (Lipinski definition) is 2. The maximum Gasteiger partial charge on any atom is 0.410 e. The van der Waals surface area contributed by atoms with Gasteiger partial charge in [0.1, 0.15) is 11.4 Å². The average Bonchev–Trinajstić information content (AvgIpc) is 2.40. The predicted molar refractivity (Wildman–Crippen MR) is 83.1 cm³/mol. The van der Waals surface area contributed by atoms with Crippen LogP contribution in [0, 0.1) is 0 Å². The van der Waals surface area contributed by atoms with Crippen molar-refractivity contribution in [1.82, 2.24) is 9.88 Å². The molecule has 1 aliphatic heterocycles. The molecule has 0 aromatic carbocycles. The summed E-state index contributed by atoms with van der Waals surface area (Å²) in [4.78, 5) is 19.9. The predicted octanol–water partition coefficient (Wildman–Crippen LogP) is 1.30. The third kappa shape index (κ3) is 3.90. The van der Waals surface area contributed by atoms with Gasteiger partial charge in [0, 0.05) is 26.2 Å². The molecular formula is C14H23N5O2. The SMILES string of the molecule is CC(C)(C)OC(=O)N1CCN(c2cnc(N)c(N)c2)CC1. The number of nitrogens with zero attached hydrogens (tertiary/aromatic N) is 3. The van der Waals surface area contributed by atoms with Gasteiger partial charge in [-0.3, -0.25) is 0 Å². The van der Waals surface area contributed by atoms with Crippen LogP contribution in [0.3, 0.4) is 0 Å². The molecule has 1 saturated heterocycles. The van der Waals surface area contributed by atoms with Gasteiger partial charge in [0.15, 0.2) is 0 Å². The van der Waals surface area contributed by atoms with E-state index >= 15 is 0 Å². The van der Waals surface area contributed by atoms with Crippen molar-refractivity contribution in [2.24, 2.45) is 0 Å². The van der Waals surface area contributed by atoms with Gasteiger partial charge in [0.05, 0.1) is 17.6 Å². The van der Waals surface area contributed by atoms with Crippen molar-refractivity contribution in [1.29, 1.82) is 0 Å². The number of anilines is 3. The molecule has 2 rings (SSSR count). The van der Waals surface area contributed by atoms with Crippen molar-refractivity contribution in [2.75, 3.05) is 42.5 Å². The summed E-state index contributed by atoms with van der Waals surface area (Å²) in [7, 11) is 0. The highest BCUT2D eigenvalue weighted by Crippen LogP contribution is 2.22. The number of amides is 1. The summed E-state index contributed by atoms with van der Waals surface area (Å²) in [5.41, 5.74) is 12.3. The largest absolute Gasteiger partial charge is 0.444 e. The zero-order valence-electron chi connectivity index (χ0n) is 12.8. The second-order valence-electron chi connectivity index (χ2n) is 6.12. The van der Waals surface area contributed by atoms with E-state index in [9.17, 15) is 4.79 Å². The van der Waals surface area contributed by atoms with Gasteiger partial charge in [-0.15, -0.1) is 0 Å². The molecule has 116 valence electrons. The van der Waals surface area contributed by atoms with E-state index in [1.165, 1.54) is 0 Å². The number of aromatic nitrogens is 1. The summed E-state index contributed by atoms with van der Waals surface area (Å²) >= 11 is 0. The number of piperazine rings is 1. The van der Waals surface area contributed by atoms with Crippen molar-refractivity contribution in [2.45, 2.75) is 26.4 Å². The molecule has 1 amide bonds. The van der Waals surface area contributed by atoms with Crippen LogP contribution in [-0.4, -0.2) is 47.8 Å². The van der Waals surface area contributed by atoms with E-state index in [4.69, 9.17) is 16.2 Å². The van der Waals surface area contributed by atoms with E-state index in [1.54, 1.807) is 11.1 Å². The lowest BCUT2D eigenvalue weighted by atomic mass is 10.2. The van der Waals surface area contributed by atoms with Gasteiger partial charge >= 0.3 is 6.09 Å². The van der Waals surface area contributed by atoms with Crippen LogP contribution in [0.15, 0.2) is 12.3 Å². The lowest BCUT2D eigenvalue weighted by molar-refractivity contribution is 0.0240. The maximum atomic E-state index is 12.0. The number of pyridine rings is 1. The van der Waals surface area contributed by atoms with E-state index in [1.807, 2.05) is 26.8 Å². The fraction of sp³-hybridized carbons (Fsp3) is 0.571. The Morgan fingerprint density at radius 3 is 2.38 bits per heavy atom. The van der Waals surface area contributed by atoms with Gasteiger partial charge < -0.3 is 26.0 Å². The van der Waals surface area contributed by atoms with Crippen molar-refractivity contribution >= 4 is 23.3 Å². The first-order chi connectivity index (χ1) is 9.76. The standard InChI is InChI=1S/C14H23N5O2/c1-14(2,3)21-13(20)19-6-4-18(5-7-19)10-8-11(15)12(16)17-9-10/h8-9H,4-7,15H2,1-3H3,(H2,16,17). The summed E-state index contributed by atoms with van der Waals surface area (Å²) in [6.07, 6.45) is 1.44. The lowest BCUT2D eigenvalue weighted by Crippen LogP contribution is -2.50. The minimum atomic E-state index is -0.469. The first-order valence-corrected chi connectivity index (χ1v) is 7.00. The summed E-state index contributed by atoms with van der Waals surface area (Å²) in [5, 5.41) is 0. The third-order valence-electron chi connectivity index (χ3n) is 3.23. The Morgan fingerprint density at radius 1 is 1.24 bits per heavy atom. The Hall–Kier alpha value is -2.18. The number of nitrogens with two attached hydrogens (primary N) is 2. The molecule has 0 spiro atoms. The molecule has 1 aromatic rings. The highest BCUT2D eigenvalue weighted by atomic mass is 16.6. The topological polar surface area (TPSA) is 97.7 Å². The summed E-state index contributed by atoms with van der Waals surface area (Å²) in [5.74, 6) is 0.339. The first-order valence-electron chi connectivity index (χ1n) is 7.00. The van der Waals surface area contributed by atoms with Crippen molar-refractivity contribution in [3.05, 3.63) is 12.3 Å². The fourth-order valence-electron chi connectivity index (χ4n) is 2.13. The Morgan fingerprint density at radius 2 is 1.86 bits per heavy atom. The van der Waals surface area contributed by atoms with Crippen molar-refractivity contribution in [3.63, 3.8) is 0 Å². The maximum absolute atomic E-state index is 12.0. The number of rotatable bonds is 1. The average molecular weight is 293 g/mol. The van der Waals surface area contributed by atoms with Crippen LogP contribution in [0.5, 0.6) is 0 Å². The van der Waals surface area contributed by atoms with Crippen LogP contribution >= 0.6 is 0 Å². The Kier molecular flexibility index (Phi) is 4.11. The second-order valence-corrected chi connectivity index (χ2v) is 6.12. The zero-order chi connectivity index (χ0) is 15.6. The minimum Gasteiger partial charge on any atom is -0.444 e. The van der Waals surface area contributed by atoms with Crippen molar-refractivity contribution < 1.29 is 9.53 Å². The third-order valence-corrected chi connectivity index (χ3v) is 3.23. The summed E-state index contributed by atoms with van der Waals surface area (Å²) in [6, 6.07) is 1.81.